The summed E-state index contributed by atoms with van der Waals surface area (Å²) >= 11 is 3.38. The highest BCUT2D eigenvalue weighted by Gasteiger charge is 2.46. The number of hydrogen-bond donors (Lipinski definition) is 1. The number of hydrogen-bond acceptors (Lipinski definition) is 5. The summed E-state index contributed by atoms with van der Waals surface area (Å²) in [5.41, 5.74) is 1.23. The molecule has 6 nitrogen and oxygen atoms in total. The van der Waals surface area contributed by atoms with Crippen LogP contribution in [-0.4, -0.2) is 59.9 Å². The van der Waals surface area contributed by atoms with Crippen molar-refractivity contribution in [3.8, 4) is 5.75 Å². The Kier molecular flexibility index (Phi) is 7.51. The molecule has 31 heavy (non-hydrogen) atoms. The van der Waals surface area contributed by atoms with Gasteiger partial charge in [-0.2, -0.15) is 0 Å². The Labute approximate surface area is 191 Å². The summed E-state index contributed by atoms with van der Waals surface area (Å²) in [5.74, 6) is -0.923. The quantitative estimate of drug-likeness (QED) is 0.343. The third-order valence-electron chi connectivity index (χ3n) is 5.64. The van der Waals surface area contributed by atoms with Crippen LogP contribution in [0.1, 0.15) is 31.0 Å². The van der Waals surface area contributed by atoms with Gasteiger partial charge in [0.2, 0.25) is 0 Å². The van der Waals surface area contributed by atoms with E-state index in [1.165, 1.54) is 0 Å². The third-order valence-corrected chi connectivity index (χ3v) is 6.17. The molecule has 0 saturated carbocycles. The molecule has 1 aliphatic rings. The van der Waals surface area contributed by atoms with Crippen LogP contribution in [0.2, 0.25) is 0 Å². The molecule has 7 heteroatoms. The molecule has 0 aromatic heterocycles. The van der Waals surface area contributed by atoms with Crippen LogP contribution in [0.25, 0.3) is 5.76 Å². The van der Waals surface area contributed by atoms with Crippen molar-refractivity contribution < 1.29 is 19.4 Å². The molecule has 1 atom stereocenters. The molecule has 1 aliphatic heterocycles. The van der Waals surface area contributed by atoms with Crippen molar-refractivity contribution in [3.05, 3.63) is 69.7 Å². The summed E-state index contributed by atoms with van der Waals surface area (Å²) in [7, 11) is 1.55. The zero-order valence-corrected chi connectivity index (χ0v) is 19.6. The number of benzene rings is 2. The Bertz CT molecular complexity index is 983. The molecule has 0 spiro atoms. The highest BCUT2D eigenvalue weighted by molar-refractivity contribution is 9.10. The molecule has 1 N–H and O–H groups in total. The van der Waals surface area contributed by atoms with Gasteiger partial charge in [-0.05, 0) is 31.3 Å². The van der Waals surface area contributed by atoms with Crippen LogP contribution in [0.3, 0.4) is 0 Å². The monoisotopic (exact) mass is 486 g/mol. The van der Waals surface area contributed by atoms with Gasteiger partial charge < -0.3 is 19.6 Å². The van der Waals surface area contributed by atoms with Gasteiger partial charge in [0.25, 0.3) is 11.7 Å². The van der Waals surface area contributed by atoms with Crippen LogP contribution in [-0.2, 0) is 9.59 Å². The van der Waals surface area contributed by atoms with Gasteiger partial charge in [0.05, 0.1) is 18.7 Å². The number of ether oxygens (including phenoxy) is 1. The zero-order chi connectivity index (χ0) is 22.5. The molecular formula is C24H27BrN2O4. The van der Waals surface area contributed by atoms with Gasteiger partial charge in [0.1, 0.15) is 11.5 Å². The fraction of sp³-hybridized carbons (Fsp3) is 0.333. The van der Waals surface area contributed by atoms with Crippen LogP contribution >= 0.6 is 15.9 Å². The largest absolute Gasteiger partial charge is 0.507 e. The van der Waals surface area contributed by atoms with E-state index in [1.54, 1.807) is 42.3 Å². The molecule has 164 valence electrons. The summed E-state index contributed by atoms with van der Waals surface area (Å²) < 4.78 is 6.38. The molecule has 1 amide bonds. The number of aliphatic hydroxyl groups excluding tert-OH is 1. The standard InChI is InChI=1S/C24H27BrN2O4/c1-4-26(5-2)14-15-27-21(18-8-6-7-9-19(18)31-3)20(23(29)24(27)30)22(28)16-10-12-17(25)13-11-16/h6-13,21,28H,4-5,14-15H2,1-3H3/b22-20-. The first-order chi connectivity index (χ1) is 14.9. The van der Waals surface area contributed by atoms with Crippen molar-refractivity contribution in [2.24, 2.45) is 0 Å². The number of rotatable bonds is 8. The minimum absolute atomic E-state index is 0.0800. The Hall–Kier alpha value is -2.64. The maximum absolute atomic E-state index is 13.1. The highest BCUT2D eigenvalue weighted by atomic mass is 79.9. The van der Waals surface area contributed by atoms with Crippen molar-refractivity contribution in [1.29, 1.82) is 0 Å². The van der Waals surface area contributed by atoms with Crippen molar-refractivity contribution in [3.63, 3.8) is 0 Å². The topological polar surface area (TPSA) is 70.1 Å². The van der Waals surface area contributed by atoms with E-state index in [2.05, 4.69) is 34.7 Å². The van der Waals surface area contributed by atoms with E-state index in [4.69, 9.17) is 4.74 Å². The van der Waals surface area contributed by atoms with E-state index in [0.29, 0.717) is 30.0 Å². The predicted molar refractivity (Wildman–Crippen MR) is 124 cm³/mol. The van der Waals surface area contributed by atoms with Crippen LogP contribution in [0.15, 0.2) is 58.6 Å². The minimum atomic E-state index is -0.727. The average Bonchev–Trinajstić information content (AvgIpc) is 3.04. The Morgan fingerprint density at radius 3 is 2.35 bits per heavy atom. The van der Waals surface area contributed by atoms with Gasteiger partial charge in [-0.3, -0.25) is 9.59 Å². The number of likely N-dealkylation sites (tertiary alicyclic amines) is 1. The normalized spacial score (nSPS) is 18.1. The minimum Gasteiger partial charge on any atom is -0.507 e. The van der Waals surface area contributed by atoms with Crippen LogP contribution in [0, 0.1) is 0 Å². The fourth-order valence-electron chi connectivity index (χ4n) is 3.88. The molecule has 2 aromatic rings. The zero-order valence-electron chi connectivity index (χ0n) is 18.0. The number of methoxy groups -OCH3 is 1. The smallest absolute Gasteiger partial charge is 0.295 e. The van der Waals surface area contributed by atoms with E-state index in [1.807, 2.05) is 18.2 Å². The van der Waals surface area contributed by atoms with E-state index in [0.717, 1.165) is 17.6 Å². The number of Topliss-reactive ketones (excluding diaryl/α,β-unsaturated/α-hetero) is 1. The molecule has 1 saturated heterocycles. The van der Waals surface area contributed by atoms with Gasteiger partial charge in [-0.15, -0.1) is 0 Å². The molecule has 3 rings (SSSR count). The molecule has 1 heterocycles. The molecule has 1 fully saturated rings. The number of para-hydroxylation sites is 1. The predicted octanol–water partition coefficient (Wildman–Crippen LogP) is 4.22. The van der Waals surface area contributed by atoms with Crippen molar-refractivity contribution >= 4 is 33.4 Å². The van der Waals surface area contributed by atoms with E-state index in [-0.39, 0.29) is 11.3 Å². The molecule has 0 aliphatic carbocycles. The second-order valence-corrected chi connectivity index (χ2v) is 8.18. The highest BCUT2D eigenvalue weighted by Crippen LogP contribution is 2.42. The number of nitrogens with zero attached hydrogens (tertiary/aromatic N) is 2. The van der Waals surface area contributed by atoms with Gasteiger partial charge >= 0.3 is 0 Å². The number of aliphatic hydroxyl groups is 1. The van der Waals surface area contributed by atoms with E-state index < -0.39 is 17.7 Å². The molecule has 2 aromatic carbocycles. The van der Waals surface area contributed by atoms with Gasteiger partial charge in [-0.25, -0.2) is 0 Å². The van der Waals surface area contributed by atoms with Gasteiger partial charge in [-0.1, -0.05) is 60.1 Å². The summed E-state index contributed by atoms with van der Waals surface area (Å²) in [6.07, 6.45) is 0. The second kappa shape index (κ2) is 10.1. The maximum Gasteiger partial charge on any atom is 0.295 e. The van der Waals surface area contributed by atoms with Crippen molar-refractivity contribution in [2.45, 2.75) is 19.9 Å². The van der Waals surface area contributed by atoms with E-state index in [9.17, 15) is 14.7 Å². The summed E-state index contributed by atoms with van der Waals surface area (Å²) in [6.45, 7) is 6.80. The number of ketones is 1. The molecule has 0 bridgehead atoms. The van der Waals surface area contributed by atoms with E-state index >= 15 is 0 Å². The molecule has 0 radical (unpaired) electrons. The summed E-state index contributed by atoms with van der Waals surface area (Å²) in [4.78, 5) is 29.9. The number of carbonyl (C=O) groups is 2. The number of carbonyl (C=O) groups excluding carboxylic acids is 2. The number of halogens is 1. The van der Waals surface area contributed by atoms with Crippen molar-refractivity contribution in [2.75, 3.05) is 33.3 Å². The fourth-order valence-corrected chi connectivity index (χ4v) is 4.14. The third kappa shape index (κ3) is 4.67. The summed E-state index contributed by atoms with van der Waals surface area (Å²) in [5, 5.41) is 11.1. The van der Waals surface area contributed by atoms with Crippen LogP contribution < -0.4 is 4.74 Å². The molecular weight excluding hydrogens is 460 g/mol. The first-order valence-electron chi connectivity index (χ1n) is 10.3. The lowest BCUT2D eigenvalue weighted by atomic mass is 9.94. The molecule has 1 unspecified atom stereocenters. The van der Waals surface area contributed by atoms with Gasteiger partial charge in [0, 0.05) is 28.7 Å². The first-order valence-corrected chi connectivity index (χ1v) is 11.1. The Morgan fingerprint density at radius 1 is 1.10 bits per heavy atom. The van der Waals surface area contributed by atoms with Crippen molar-refractivity contribution in [1.82, 2.24) is 9.80 Å². The lowest BCUT2D eigenvalue weighted by molar-refractivity contribution is -0.140. The lowest BCUT2D eigenvalue weighted by Gasteiger charge is -2.29. The number of likely N-dealkylation sites (N-methyl/N-ethyl adjacent to an activating group) is 1. The lowest BCUT2D eigenvalue weighted by Crippen LogP contribution is -2.38. The Balaban J connectivity index is 2.14. The average molecular weight is 487 g/mol. The summed E-state index contributed by atoms with van der Waals surface area (Å²) in [6, 6.07) is 13.5. The number of amides is 1. The van der Waals surface area contributed by atoms with Crippen LogP contribution in [0.4, 0.5) is 0 Å². The SMILES string of the molecule is CCN(CC)CCN1C(=O)C(=O)/C(=C(\O)c2ccc(Br)cc2)C1c1ccccc1OC. The maximum atomic E-state index is 13.1. The first kappa shape index (κ1) is 23.0. The van der Waals surface area contributed by atoms with Crippen LogP contribution in [0.5, 0.6) is 5.75 Å². The van der Waals surface area contributed by atoms with Gasteiger partial charge in [0.15, 0.2) is 0 Å². The Morgan fingerprint density at radius 2 is 1.74 bits per heavy atom. The second-order valence-electron chi connectivity index (χ2n) is 7.27.